The Balaban J connectivity index is 2.45. The van der Waals surface area contributed by atoms with Crippen molar-refractivity contribution in [2.75, 3.05) is 5.73 Å². The minimum absolute atomic E-state index is 0.0427. The first-order valence-electron chi connectivity index (χ1n) is 7.14. The molecule has 3 rings (SSSR count). The summed E-state index contributed by atoms with van der Waals surface area (Å²) in [6, 6.07) is 6.58. The Bertz CT molecular complexity index is 817. The van der Waals surface area contributed by atoms with Crippen LogP contribution in [0, 0.1) is 6.92 Å². The number of carboxylic acid groups (broad SMARTS) is 2. The van der Waals surface area contributed by atoms with Gasteiger partial charge in [0, 0.05) is 5.56 Å². The smallest absolute Gasteiger partial charge is 0.338 e. The van der Waals surface area contributed by atoms with Gasteiger partial charge in [-0.1, -0.05) is 24.3 Å². The van der Waals surface area contributed by atoms with Crippen molar-refractivity contribution in [3.8, 4) is 0 Å². The molecular weight excluding hydrogens is 314 g/mol. The van der Waals surface area contributed by atoms with Crippen LogP contribution in [0.3, 0.4) is 0 Å². The third kappa shape index (κ3) is 1.99. The highest BCUT2D eigenvalue weighted by Crippen LogP contribution is 2.47. The topological polar surface area (TPSA) is 141 Å². The fourth-order valence-electron chi connectivity index (χ4n) is 3.39. The van der Waals surface area contributed by atoms with E-state index in [4.69, 9.17) is 5.73 Å². The summed E-state index contributed by atoms with van der Waals surface area (Å²) in [5.74, 6) is -2.96. The molecular formula is C17H15NO6. The van der Waals surface area contributed by atoms with Crippen LogP contribution in [0.25, 0.3) is 0 Å². The Hall–Kier alpha value is -2.90. The van der Waals surface area contributed by atoms with Gasteiger partial charge in [-0.05, 0) is 29.2 Å². The van der Waals surface area contributed by atoms with Crippen LogP contribution in [-0.4, -0.2) is 32.4 Å². The van der Waals surface area contributed by atoms with Gasteiger partial charge >= 0.3 is 11.9 Å². The predicted octanol–water partition coefficient (Wildman–Crippen LogP) is 1.45. The number of anilines is 1. The van der Waals surface area contributed by atoms with E-state index >= 15 is 0 Å². The second-order valence-corrected chi connectivity index (χ2v) is 5.66. The quantitative estimate of drug-likeness (QED) is 0.525. The summed E-state index contributed by atoms with van der Waals surface area (Å²) < 4.78 is 0. The molecule has 0 fully saturated rings. The Morgan fingerprint density at radius 3 is 1.83 bits per heavy atom. The molecule has 2 aromatic carbocycles. The number of aliphatic hydroxyl groups is 2. The van der Waals surface area contributed by atoms with Gasteiger partial charge in [-0.15, -0.1) is 0 Å². The fraction of sp³-hybridized carbons (Fsp3) is 0.176. The van der Waals surface area contributed by atoms with Gasteiger partial charge in [-0.25, -0.2) is 9.59 Å². The lowest BCUT2D eigenvalue weighted by Crippen LogP contribution is -2.25. The molecule has 7 nitrogen and oxygen atoms in total. The van der Waals surface area contributed by atoms with E-state index in [2.05, 4.69) is 0 Å². The molecule has 0 radical (unpaired) electrons. The SMILES string of the molecule is Cc1c(C(=O)O)c(C(=O)O)c(N)c2c1C(O)c1ccccc1C2O. The molecule has 0 amide bonds. The highest BCUT2D eigenvalue weighted by Gasteiger charge is 2.38. The van der Waals surface area contributed by atoms with E-state index in [0.717, 1.165) is 0 Å². The molecule has 2 aromatic rings. The first kappa shape index (κ1) is 16.0. The number of hydrogen-bond donors (Lipinski definition) is 5. The lowest BCUT2D eigenvalue weighted by Gasteiger charge is -2.32. The standard InChI is InChI=1S/C17H15NO6/c1-6-9-11(13(18)12(17(23)24)10(6)16(21)22)15(20)8-5-3-2-4-7(8)14(9)19/h2-5,14-15,19-20H,18H2,1H3,(H,21,22)(H,23,24). The van der Waals surface area contributed by atoms with Crippen molar-refractivity contribution in [3.63, 3.8) is 0 Å². The predicted molar refractivity (Wildman–Crippen MR) is 84.1 cm³/mol. The number of carbonyl (C=O) groups is 2. The van der Waals surface area contributed by atoms with E-state index < -0.39 is 35.3 Å². The van der Waals surface area contributed by atoms with Crippen LogP contribution in [0.1, 0.15) is 60.7 Å². The van der Waals surface area contributed by atoms with Crippen LogP contribution in [0.15, 0.2) is 24.3 Å². The molecule has 7 heteroatoms. The van der Waals surface area contributed by atoms with Gasteiger partial charge in [0.25, 0.3) is 0 Å². The summed E-state index contributed by atoms with van der Waals surface area (Å²) in [7, 11) is 0. The Morgan fingerprint density at radius 1 is 0.917 bits per heavy atom. The first-order valence-corrected chi connectivity index (χ1v) is 7.14. The zero-order valence-electron chi connectivity index (χ0n) is 12.6. The van der Waals surface area contributed by atoms with Crippen LogP contribution >= 0.6 is 0 Å². The molecule has 0 spiro atoms. The zero-order chi connectivity index (χ0) is 17.8. The number of aromatic carboxylic acids is 2. The minimum Gasteiger partial charge on any atom is -0.478 e. The Kier molecular flexibility index (Phi) is 3.55. The monoisotopic (exact) mass is 329 g/mol. The molecule has 24 heavy (non-hydrogen) atoms. The molecule has 2 atom stereocenters. The van der Waals surface area contributed by atoms with Crippen molar-refractivity contribution >= 4 is 17.6 Å². The highest BCUT2D eigenvalue weighted by atomic mass is 16.4. The van der Waals surface area contributed by atoms with Crippen LogP contribution in [-0.2, 0) is 0 Å². The third-order valence-corrected chi connectivity index (χ3v) is 4.44. The van der Waals surface area contributed by atoms with E-state index in [0.29, 0.717) is 11.1 Å². The summed E-state index contributed by atoms with van der Waals surface area (Å²) in [6.45, 7) is 1.40. The minimum atomic E-state index is -1.50. The lowest BCUT2D eigenvalue weighted by atomic mass is 9.76. The Labute approximate surface area is 136 Å². The van der Waals surface area contributed by atoms with Crippen molar-refractivity contribution in [2.24, 2.45) is 0 Å². The second kappa shape index (κ2) is 5.33. The van der Waals surface area contributed by atoms with Crippen LogP contribution in [0.2, 0.25) is 0 Å². The number of fused-ring (bicyclic) bond motifs is 2. The first-order chi connectivity index (χ1) is 11.3. The molecule has 6 N–H and O–H groups in total. The lowest BCUT2D eigenvalue weighted by molar-refractivity contribution is 0.0650. The summed E-state index contributed by atoms with van der Waals surface area (Å²) in [5.41, 5.74) is 5.59. The molecule has 1 aliphatic rings. The van der Waals surface area contributed by atoms with Crippen LogP contribution < -0.4 is 5.73 Å². The van der Waals surface area contributed by atoms with Crippen molar-refractivity contribution < 1.29 is 30.0 Å². The summed E-state index contributed by atoms with van der Waals surface area (Å²) in [5, 5.41) is 40.1. The Morgan fingerprint density at radius 2 is 1.38 bits per heavy atom. The maximum absolute atomic E-state index is 11.6. The average molecular weight is 329 g/mol. The molecule has 0 heterocycles. The van der Waals surface area contributed by atoms with Gasteiger partial charge in [0.1, 0.15) is 12.2 Å². The van der Waals surface area contributed by atoms with Crippen LogP contribution in [0.5, 0.6) is 0 Å². The molecule has 0 aliphatic heterocycles. The van der Waals surface area contributed by atoms with Crippen LogP contribution in [0.4, 0.5) is 5.69 Å². The fourth-order valence-corrected chi connectivity index (χ4v) is 3.39. The number of hydrogen-bond acceptors (Lipinski definition) is 5. The molecule has 0 bridgehead atoms. The van der Waals surface area contributed by atoms with Crippen molar-refractivity contribution in [1.82, 2.24) is 0 Å². The molecule has 1 aliphatic carbocycles. The number of nitrogens with two attached hydrogens (primary N) is 1. The van der Waals surface area contributed by atoms with Gasteiger partial charge in [0.05, 0.1) is 16.8 Å². The van der Waals surface area contributed by atoms with Gasteiger partial charge in [0.15, 0.2) is 0 Å². The maximum Gasteiger partial charge on any atom is 0.338 e. The molecule has 124 valence electrons. The maximum atomic E-state index is 11.6. The normalized spacial score (nSPS) is 18.6. The highest BCUT2D eigenvalue weighted by molar-refractivity contribution is 6.07. The van der Waals surface area contributed by atoms with Gasteiger partial charge in [-0.2, -0.15) is 0 Å². The number of nitrogen functional groups attached to an aromatic ring is 1. The number of benzene rings is 2. The largest absolute Gasteiger partial charge is 0.478 e. The third-order valence-electron chi connectivity index (χ3n) is 4.44. The molecule has 2 unspecified atom stereocenters. The molecule has 0 saturated heterocycles. The average Bonchev–Trinajstić information content (AvgIpc) is 2.53. The van der Waals surface area contributed by atoms with E-state index in [1.54, 1.807) is 24.3 Å². The molecule has 0 aromatic heterocycles. The van der Waals surface area contributed by atoms with E-state index in [9.17, 15) is 30.0 Å². The van der Waals surface area contributed by atoms with E-state index in [-0.39, 0.29) is 22.4 Å². The van der Waals surface area contributed by atoms with Gasteiger partial charge in [0.2, 0.25) is 0 Å². The van der Waals surface area contributed by atoms with Gasteiger partial charge in [-0.3, -0.25) is 0 Å². The van der Waals surface area contributed by atoms with Crippen molar-refractivity contribution in [2.45, 2.75) is 19.1 Å². The summed E-state index contributed by atoms with van der Waals surface area (Å²) in [4.78, 5) is 23.1. The number of aliphatic hydroxyl groups excluding tert-OH is 2. The van der Waals surface area contributed by atoms with Crippen molar-refractivity contribution in [1.29, 1.82) is 0 Å². The number of rotatable bonds is 2. The van der Waals surface area contributed by atoms with Gasteiger partial charge < -0.3 is 26.2 Å². The number of carboxylic acids is 2. The van der Waals surface area contributed by atoms with E-state index in [1.807, 2.05) is 0 Å². The summed E-state index contributed by atoms with van der Waals surface area (Å²) >= 11 is 0. The van der Waals surface area contributed by atoms with Crippen molar-refractivity contribution in [3.05, 3.63) is 63.2 Å². The molecule has 0 saturated carbocycles. The summed E-state index contributed by atoms with van der Waals surface area (Å²) in [6.07, 6.45) is -2.46. The zero-order valence-corrected chi connectivity index (χ0v) is 12.6. The second-order valence-electron chi connectivity index (χ2n) is 5.66. The van der Waals surface area contributed by atoms with E-state index in [1.165, 1.54) is 6.92 Å².